The predicted octanol–water partition coefficient (Wildman–Crippen LogP) is 2.03. The molecule has 5 heteroatoms. The van der Waals surface area contributed by atoms with Gasteiger partial charge >= 0.3 is 5.97 Å². The lowest BCUT2D eigenvalue weighted by Crippen LogP contribution is -2.23. The van der Waals surface area contributed by atoms with E-state index in [9.17, 15) is 9.59 Å². The Morgan fingerprint density at radius 2 is 1.86 bits per heavy atom. The van der Waals surface area contributed by atoms with Crippen molar-refractivity contribution in [1.29, 1.82) is 0 Å². The number of hydrogen-bond acceptors (Lipinski definition) is 3. The van der Waals surface area contributed by atoms with E-state index in [0.29, 0.717) is 19.4 Å². The SMILES string of the molecule is O=C(CCc1ccncc1)NCc1cccc(C(=O)O)c1. The summed E-state index contributed by atoms with van der Waals surface area (Å²) in [4.78, 5) is 26.5. The number of nitrogens with zero attached hydrogens (tertiary/aromatic N) is 1. The molecule has 0 fully saturated rings. The van der Waals surface area contributed by atoms with Crippen molar-refractivity contribution < 1.29 is 14.7 Å². The molecule has 0 saturated carbocycles. The monoisotopic (exact) mass is 284 g/mol. The van der Waals surface area contributed by atoms with Gasteiger partial charge in [-0.05, 0) is 41.8 Å². The maximum atomic E-state index is 11.8. The maximum Gasteiger partial charge on any atom is 0.335 e. The molecule has 0 aliphatic carbocycles. The maximum absolute atomic E-state index is 11.8. The number of carboxylic acids is 1. The standard InChI is InChI=1S/C16H16N2O3/c19-15(5-4-12-6-8-17-9-7-12)18-11-13-2-1-3-14(10-13)16(20)21/h1-3,6-10H,4-5,11H2,(H,18,19)(H,20,21). The van der Waals surface area contributed by atoms with Gasteiger partial charge in [0.15, 0.2) is 0 Å². The molecular weight excluding hydrogens is 268 g/mol. The Balaban J connectivity index is 1.81. The van der Waals surface area contributed by atoms with E-state index in [1.165, 1.54) is 6.07 Å². The van der Waals surface area contributed by atoms with Crippen molar-refractivity contribution in [3.05, 3.63) is 65.5 Å². The Kier molecular flexibility index (Phi) is 5.04. The first kappa shape index (κ1) is 14.7. The third-order valence-electron chi connectivity index (χ3n) is 3.05. The van der Waals surface area contributed by atoms with Crippen LogP contribution in [0.2, 0.25) is 0 Å². The number of carbonyl (C=O) groups excluding carboxylic acids is 1. The van der Waals surface area contributed by atoms with Crippen LogP contribution in [0.5, 0.6) is 0 Å². The summed E-state index contributed by atoms with van der Waals surface area (Å²) in [6.45, 7) is 0.330. The fourth-order valence-corrected chi connectivity index (χ4v) is 1.91. The van der Waals surface area contributed by atoms with E-state index in [-0.39, 0.29) is 11.5 Å². The summed E-state index contributed by atoms with van der Waals surface area (Å²) < 4.78 is 0. The van der Waals surface area contributed by atoms with Crippen molar-refractivity contribution in [2.75, 3.05) is 0 Å². The molecule has 1 heterocycles. The molecule has 0 aliphatic rings. The zero-order valence-corrected chi connectivity index (χ0v) is 11.5. The van der Waals surface area contributed by atoms with Gasteiger partial charge in [0, 0.05) is 25.4 Å². The fourth-order valence-electron chi connectivity index (χ4n) is 1.91. The van der Waals surface area contributed by atoms with E-state index in [4.69, 9.17) is 5.11 Å². The van der Waals surface area contributed by atoms with Crippen LogP contribution in [0, 0.1) is 0 Å². The number of benzene rings is 1. The van der Waals surface area contributed by atoms with Gasteiger partial charge in [-0.25, -0.2) is 4.79 Å². The van der Waals surface area contributed by atoms with Crippen molar-refractivity contribution in [2.45, 2.75) is 19.4 Å². The van der Waals surface area contributed by atoms with Crippen molar-refractivity contribution in [2.24, 2.45) is 0 Å². The lowest BCUT2D eigenvalue weighted by Gasteiger charge is -2.06. The van der Waals surface area contributed by atoms with Gasteiger partial charge in [-0.3, -0.25) is 9.78 Å². The number of aromatic nitrogens is 1. The van der Waals surface area contributed by atoms with Gasteiger partial charge in [0.2, 0.25) is 5.91 Å². The topological polar surface area (TPSA) is 79.3 Å². The highest BCUT2D eigenvalue weighted by Gasteiger charge is 2.05. The molecule has 108 valence electrons. The highest BCUT2D eigenvalue weighted by atomic mass is 16.4. The van der Waals surface area contributed by atoms with Gasteiger partial charge in [0.25, 0.3) is 0 Å². The van der Waals surface area contributed by atoms with E-state index >= 15 is 0 Å². The first-order valence-electron chi connectivity index (χ1n) is 6.63. The molecule has 0 saturated heterocycles. The number of rotatable bonds is 6. The second-order valence-electron chi connectivity index (χ2n) is 4.64. The first-order valence-corrected chi connectivity index (χ1v) is 6.63. The minimum atomic E-state index is -0.971. The Morgan fingerprint density at radius 1 is 1.10 bits per heavy atom. The van der Waals surface area contributed by atoms with Crippen molar-refractivity contribution in [1.82, 2.24) is 10.3 Å². The Bertz CT molecular complexity index is 626. The Labute approximate surface area is 122 Å². The molecule has 1 aromatic carbocycles. The number of aromatic carboxylic acids is 1. The molecule has 0 unspecified atom stereocenters. The van der Waals surface area contributed by atoms with E-state index < -0.39 is 5.97 Å². The van der Waals surface area contributed by atoms with Crippen LogP contribution in [0.1, 0.15) is 27.9 Å². The average molecular weight is 284 g/mol. The van der Waals surface area contributed by atoms with Crippen LogP contribution in [0.15, 0.2) is 48.8 Å². The number of carbonyl (C=O) groups is 2. The van der Waals surface area contributed by atoms with Gasteiger partial charge in [0.05, 0.1) is 5.56 Å². The quantitative estimate of drug-likeness (QED) is 0.850. The number of hydrogen-bond donors (Lipinski definition) is 2. The summed E-state index contributed by atoms with van der Waals surface area (Å²) in [7, 11) is 0. The number of nitrogens with one attached hydrogen (secondary N) is 1. The minimum absolute atomic E-state index is 0.0625. The van der Waals surface area contributed by atoms with Crippen LogP contribution in [0.3, 0.4) is 0 Å². The molecular formula is C16H16N2O3. The van der Waals surface area contributed by atoms with Crippen LogP contribution in [0.4, 0.5) is 0 Å². The second-order valence-corrected chi connectivity index (χ2v) is 4.64. The number of carboxylic acid groups (broad SMARTS) is 1. The van der Waals surface area contributed by atoms with Crippen molar-refractivity contribution in [3.8, 4) is 0 Å². The third-order valence-corrected chi connectivity index (χ3v) is 3.05. The van der Waals surface area contributed by atoms with E-state index in [1.807, 2.05) is 12.1 Å². The normalized spacial score (nSPS) is 10.1. The van der Waals surface area contributed by atoms with Gasteiger partial charge in [0.1, 0.15) is 0 Å². The summed E-state index contributed by atoms with van der Waals surface area (Å²) >= 11 is 0. The molecule has 1 aromatic heterocycles. The first-order chi connectivity index (χ1) is 10.1. The van der Waals surface area contributed by atoms with Crippen molar-refractivity contribution >= 4 is 11.9 Å². The van der Waals surface area contributed by atoms with Gasteiger partial charge in [-0.1, -0.05) is 12.1 Å². The molecule has 21 heavy (non-hydrogen) atoms. The molecule has 2 aromatic rings. The lowest BCUT2D eigenvalue weighted by molar-refractivity contribution is -0.121. The Morgan fingerprint density at radius 3 is 2.57 bits per heavy atom. The third kappa shape index (κ3) is 4.72. The molecule has 2 N–H and O–H groups in total. The Hall–Kier alpha value is -2.69. The molecule has 1 amide bonds. The zero-order valence-electron chi connectivity index (χ0n) is 11.5. The van der Waals surface area contributed by atoms with Crippen LogP contribution in [0.25, 0.3) is 0 Å². The predicted molar refractivity (Wildman–Crippen MR) is 77.8 cm³/mol. The molecule has 0 atom stereocenters. The molecule has 0 radical (unpaired) electrons. The van der Waals surface area contributed by atoms with E-state index in [0.717, 1.165) is 11.1 Å². The van der Waals surface area contributed by atoms with Gasteiger partial charge < -0.3 is 10.4 Å². The highest BCUT2D eigenvalue weighted by Crippen LogP contribution is 2.06. The largest absolute Gasteiger partial charge is 0.478 e. The smallest absolute Gasteiger partial charge is 0.335 e. The second kappa shape index (κ2) is 7.19. The van der Waals surface area contributed by atoms with Crippen LogP contribution in [-0.2, 0) is 17.8 Å². The van der Waals surface area contributed by atoms with Crippen LogP contribution in [-0.4, -0.2) is 22.0 Å². The lowest BCUT2D eigenvalue weighted by atomic mass is 10.1. The number of pyridine rings is 1. The number of amides is 1. The minimum Gasteiger partial charge on any atom is -0.478 e. The summed E-state index contributed by atoms with van der Waals surface area (Å²) in [6.07, 6.45) is 4.45. The molecule has 0 spiro atoms. The fraction of sp³-hybridized carbons (Fsp3) is 0.188. The summed E-state index contributed by atoms with van der Waals surface area (Å²) in [5.41, 5.74) is 2.05. The average Bonchev–Trinajstić information content (AvgIpc) is 2.52. The zero-order chi connectivity index (χ0) is 15.1. The molecule has 5 nitrogen and oxygen atoms in total. The van der Waals surface area contributed by atoms with Gasteiger partial charge in [-0.15, -0.1) is 0 Å². The highest BCUT2D eigenvalue weighted by molar-refractivity contribution is 5.87. The van der Waals surface area contributed by atoms with E-state index in [1.54, 1.807) is 30.6 Å². The van der Waals surface area contributed by atoms with Crippen molar-refractivity contribution in [3.63, 3.8) is 0 Å². The number of aryl methyl sites for hydroxylation is 1. The van der Waals surface area contributed by atoms with Crippen LogP contribution >= 0.6 is 0 Å². The van der Waals surface area contributed by atoms with Gasteiger partial charge in [-0.2, -0.15) is 0 Å². The van der Waals surface area contributed by atoms with Crippen LogP contribution < -0.4 is 5.32 Å². The summed E-state index contributed by atoms with van der Waals surface area (Å²) in [5, 5.41) is 11.7. The molecule has 0 aliphatic heterocycles. The molecule has 0 bridgehead atoms. The van der Waals surface area contributed by atoms with E-state index in [2.05, 4.69) is 10.3 Å². The summed E-state index contributed by atoms with van der Waals surface area (Å²) in [5.74, 6) is -1.03. The molecule has 2 rings (SSSR count). The summed E-state index contributed by atoms with van der Waals surface area (Å²) in [6, 6.07) is 10.3.